The van der Waals surface area contributed by atoms with Gasteiger partial charge in [-0.15, -0.1) is 0 Å². The largest absolute Gasteiger partial charge is 0.492 e. The highest BCUT2D eigenvalue weighted by Gasteiger charge is 2.10. The highest BCUT2D eigenvalue weighted by molar-refractivity contribution is 5.60. The van der Waals surface area contributed by atoms with Crippen LogP contribution in [0.25, 0.3) is 22.8 Å². The van der Waals surface area contributed by atoms with E-state index in [2.05, 4.69) is 15.0 Å². The van der Waals surface area contributed by atoms with Crippen LogP contribution in [0, 0.1) is 0 Å². The van der Waals surface area contributed by atoms with E-state index in [1.54, 1.807) is 0 Å². The molecule has 0 saturated carbocycles. The van der Waals surface area contributed by atoms with Gasteiger partial charge in [0.1, 0.15) is 12.4 Å². The Balaban J connectivity index is 1.69. The molecule has 5 nitrogen and oxygen atoms in total. The molecule has 5 heteroatoms. The summed E-state index contributed by atoms with van der Waals surface area (Å²) in [6, 6.07) is 17.4. The lowest BCUT2D eigenvalue weighted by molar-refractivity contribution is 0.261. The predicted octanol–water partition coefficient (Wildman–Crippen LogP) is 3.34. The third-order valence-corrected chi connectivity index (χ3v) is 3.37. The van der Waals surface area contributed by atoms with E-state index in [-0.39, 0.29) is 0 Å². The molecule has 1 aromatic heterocycles. The molecule has 23 heavy (non-hydrogen) atoms. The predicted molar refractivity (Wildman–Crippen MR) is 89.2 cm³/mol. The lowest BCUT2D eigenvalue weighted by Gasteiger charge is -2.10. The van der Waals surface area contributed by atoms with Crippen molar-refractivity contribution in [1.29, 1.82) is 0 Å². The maximum absolute atomic E-state index is 5.67. The van der Waals surface area contributed by atoms with Gasteiger partial charge in [0.05, 0.1) is 0 Å². The molecule has 1 heterocycles. The van der Waals surface area contributed by atoms with Crippen LogP contribution >= 0.6 is 0 Å². The van der Waals surface area contributed by atoms with Crippen LogP contribution in [0.3, 0.4) is 0 Å². The SMILES string of the molecule is CN(C)CCOc1ccc(-c2nc(-c3ccccc3)no2)cc1. The minimum Gasteiger partial charge on any atom is -0.492 e. The van der Waals surface area contributed by atoms with Gasteiger partial charge in [-0.1, -0.05) is 35.5 Å². The lowest BCUT2D eigenvalue weighted by Crippen LogP contribution is -2.19. The maximum Gasteiger partial charge on any atom is 0.258 e. The van der Waals surface area contributed by atoms with Crippen molar-refractivity contribution in [3.8, 4) is 28.6 Å². The molecule has 0 radical (unpaired) electrons. The van der Waals surface area contributed by atoms with Crippen LogP contribution in [-0.2, 0) is 0 Å². The summed E-state index contributed by atoms with van der Waals surface area (Å²) in [6.45, 7) is 1.54. The van der Waals surface area contributed by atoms with Gasteiger partial charge in [0.2, 0.25) is 5.82 Å². The average molecular weight is 309 g/mol. The van der Waals surface area contributed by atoms with E-state index in [0.29, 0.717) is 18.3 Å². The van der Waals surface area contributed by atoms with Crippen LogP contribution in [0.4, 0.5) is 0 Å². The highest BCUT2D eigenvalue weighted by atomic mass is 16.5. The second-order valence-corrected chi connectivity index (χ2v) is 5.47. The molecule has 0 unspecified atom stereocenters. The zero-order valence-corrected chi connectivity index (χ0v) is 13.3. The number of nitrogens with zero attached hydrogens (tertiary/aromatic N) is 3. The minimum absolute atomic E-state index is 0.503. The van der Waals surface area contributed by atoms with Gasteiger partial charge in [-0.2, -0.15) is 4.98 Å². The summed E-state index contributed by atoms with van der Waals surface area (Å²) >= 11 is 0. The zero-order chi connectivity index (χ0) is 16.1. The van der Waals surface area contributed by atoms with Crippen LogP contribution < -0.4 is 4.74 Å². The van der Waals surface area contributed by atoms with Crippen LogP contribution in [0.2, 0.25) is 0 Å². The van der Waals surface area contributed by atoms with Crippen molar-refractivity contribution in [3.05, 3.63) is 54.6 Å². The number of likely N-dealkylation sites (N-methyl/N-ethyl adjacent to an activating group) is 1. The van der Waals surface area contributed by atoms with Crippen molar-refractivity contribution in [3.63, 3.8) is 0 Å². The lowest BCUT2D eigenvalue weighted by atomic mass is 10.2. The van der Waals surface area contributed by atoms with Gasteiger partial charge < -0.3 is 14.2 Å². The summed E-state index contributed by atoms with van der Waals surface area (Å²) in [5.74, 6) is 1.93. The second-order valence-electron chi connectivity index (χ2n) is 5.47. The third kappa shape index (κ3) is 3.96. The van der Waals surface area contributed by atoms with Crippen LogP contribution in [0.5, 0.6) is 5.75 Å². The summed E-state index contributed by atoms with van der Waals surface area (Å²) < 4.78 is 11.0. The highest BCUT2D eigenvalue weighted by Crippen LogP contribution is 2.23. The number of hydrogen-bond donors (Lipinski definition) is 0. The van der Waals surface area contributed by atoms with Crippen LogP contribution in [-0.4, -0.2) is 42.3 Å². The number of benzene rings is 2. The molecule has 0 aliphatic rings. The van der Waals surface area contributed by atoms with Gasteiger partial charge >= 0.3 is 0 Å². The van der Waals surface area contributed by atoms with Crippen molar-refractivity contribution in [2.75, 3.05) is 27.2 Å². The Morgan fingerprint density at radius 1 is 0.957 bits per heavy atom. The molecule has 0 spiro atoms. The summed E-state index contributed by atoms with van der Waals surface area (Å²) in [4.78, 5) is 6.52. The fourth-order valence-corrected chi connectivity index (χ4v) is 2.09. The first kappa shape index (κ1) is 15.2. The van der Waals surface area contributed by atoms with E-state index in [0.717, 1.165) is 23.4 Å². The molecule has 0 aliphatic carbocycles. The number of hydrogen-bond acceptors (Lipinski definition) is 5. The number of aromatic nitrogens is 2. The first-order chi connectivity index (χ1) is 11.2. The van der Waals surface area contributed by atoms with Crippen molar-refractivity contribution >= 4 is 0 Å². The molecule has 118 valence electrons. The molecule has 2 aromatic carbocycles. The minimum atomic E-state index is 0.503. The third-order valence-electron chi connectivity index (χ3n) is 3.37. The smallest absolute Gasteiger partial charge is 0.258 e. The molecular weight excluding hydrogens is 290 g/mol. The average Bonchev–Trinajstić information content (AvgIpc) is 3.06. The van der Waals surface area contributed by atoms with Crippen molar-refractivity contribution < 1.29 is 9.26 Å². The fourth-order valence-electron chi connectivity index (χ4n) is 2.09. The summed E-state index contributed by atoms with van der Waals surface area (Å²) in [5.41, 5.74) is 1.81. The number of ether oxygens (including phenoxy) is 1. The fraction of sp³-hybridized carbons (Fsp3) is 0.222. The van der Waals surface area contributed by atoms with Crippen molar-refractivity contribution in [2.24, 2.45) is 0 Å². The van der Waals surface area contributed by atoms with Gasteiger partial charge in [-0.05, 0) is 38.4 Å². The molecule has 0 aliphatic heterocycles. The second kappa shape index (κ2) is 7.07. The normalized spacial score (nSPS) is 10.9. The molecule has 0 bridgehead atoms. The van der Waals surface area contributed by atoms with E-state index < -0.39 is 0 Å². The first-order valence-electron chi connectivity index (χ1n) is 7.49. The molecule has 0 saturated heterocycles. The molecule has 0 amide bonds. The van der Waals surface area contributed by atoms with E-state index >= 15 is 0 Å². The molecule has 3 aromatic rings. The summed E-state index contributed by atoms with van der Waals surface area (Å²) in [5, 5.41) is 4.03. The van der Waals surface area contributed by atoms with E-state index in [4.69, 9.17) is 9.26 Å². The van der Waals surface area contributed by atoms with Gasteiger partial charge in [-0.3, -0.25) is 0 Å². The monoisotopic (exact) mass is 309 g/mol. The molecule has 0 N–H and O–H groups in total. The Kier molecular flexibility index (Phi) is 4.68. The van der Waals surface area contributed by atoms with E-state index in [1.807, 2.05) is 68.7 Å². The quantitative estimate of drug-likeness (QED) is 0.699. The molecular formula is C18H19N3O2. The Morgan fingerprint density at radius 2 is 1.70 bits per heavy atom. The maximum atomic E-state index is 5.67. The van der Waals surface area contributed by atoms with Crippen LogP contribution in [0.15, 0.2) is 59.1 Å². The van der Waals surface area contributed by atoms with Gasteiger partial charge in [0.25, 0.3) is 5.89 Å². The Morgan fingerprint density at radius 3 is 2.39 bits per heavy atom. The van der Waals surface area contributed by atoms with Crippen molar-refractivity contribution in [1.82, 2.24) is 15.0 Å². The summed E-state index contributed by atoms with van der Waals surface area (Å²) in [6.07, 6.45) is 0. The van der Waals surface area contributed by atoms with Gasteiger partial charge in [0, 0.05) is 17.7 Å². The Labute approximate surface area is 135 Å². The topological polar surface area (TPSA) is 51.4 Å². The van der Waals surface area contributed by atoms with E-state index in [9.17, 15) is 0 Å². The summed E-state index contributed by atoms with van der Waals surface area (Å²) in [7, 11) is 4.04. The van der Waals surface area contributed by atoms with Gasteiger partial charge in [0.15, 0.2) is 0 Å². The first-order valence-corrected chi connectivity index (χ1v) is 7.49. The number of rotatable bonds is 6. The van der Waals surface area contributed by atoms with Gasteiger partial charge in [-0.25, -0.2) is 0 Å². The molecule has 0 atom stereocenters. The van der Waals surface area contributed by atoms with E-state index in [1.165, 1.54) is 0 Å². The molecule has 3 rings (SSSR count). The Bertz CT molecular complexity index is 736. The zero-order valence-electron chi connectivity index (χ0n) is 13.3. The Hall–Kier alpha value is -2.66. The standard InChI is InChI=1S/C18H19N3O2/c1-21(2)12-13-22-16-10-8-15(9-11-16)18-19-17(20-23-18)14-6-4-3-5-7-14/h3-11H,12-13H2,1-2H3. The molecule has 0 fully saturated rings. The van der Waals surface area contributed by atoms with Crippen LogP contribution in [0.1, 0.15) is 0 Å². The van der Waals surface area contributed by atoms with Crippen molar-refractivity contribution in [2.45, 2.75) is 0 Å².